The zero-order valence-corrected chi connectivity index (χ0v) is 38.3. The fourth-order valence-corrected chi connectivity index (χ4v) is 11.4. The lowest BCUT2D eigenvalue weighted by molar-refractivity contribution is 1.18. The smallest absolute Gasteiger partial charge is 0.0547 e. The van der Waals surface area contributed by atoms with E-state index in [1.165, 1.54) is 93.4 Å². The second-order valence-electron chi connectivity index (χ2n) is 18.4. The maximum absolute atomic E-state index is 2.45. The van der Waals surface area contributed by atoms with Crippen LogP contribution in [0.3, 0.4) is 0 Å². The van der Waals surface area contributed by atoms with Crippen molar-refractivity contribution in [2.24, 2.45) is 0 Å². The maximum Gasteiger partial charge on any atom is 0.0547 e. The third-order valence-electron chi connectivity index (χ3n) is 14.5. The lowest BCUT2D eigenvalue weighted by atomic mass is 9.92. The first-order valence-electron chi connectivity index (χ1n) is 24.2. The highest BCUT2D eigenvalue weighted by atomic mass is 15.1. The fraction of sp³-hybridized carbons (Fsp3) is 0. The molecule has 0 saturated heterocycles. The van der Waals surface area contributed by atoms with Crippen LogP contribution in [0.15, 0.2) is 267 Å². The van der Waals surface area contributed by atoms with E-state index in [0.717, 1.165) is 39.4 Å². The summed E-state index contributed by atoms with van der Waals surface area (Å²) in [7, 11) is 0. The largest absolute Gasteiger partial charge is 0.310 e. The van der Waals surface area contributed by atoms with Gasteiger partial charge in [-0.1, -0.05) is 212 Å². The molecular formula is C68H44N2. The SMILES string of the molecule is c1ccc(-c2cc(N(c3cccc(-c4ccc5c6c(cccc46)-c4ccccc4-5)c3)c3ccccc3-c3ccccc3)ccc2-c2ccc(-n3c4ccccc4c4c5ccccc5ccc43)cc2)cc1. The monoisotopic (exact) mass is 888 g/mol. The summed E-state index contributed by atoms with van der Waals surface area (Å²) < 4.78 is 2.42. The van der Waals surface area contributed by atoms with Gasteiger partial charge in [0.25, 0.3) is 0 Å². The van der Waals surface area contributed by atoms with Crippen LogP contribution in [0, 0.1) is 0 Å². The molecule has 70 heavy (non-hydrogen) atoms. The van der Waals surface area contributed by atoms with E-state index >= 15 is 0 Å². The molecule has 13 aromatic rings. The van der Waals surface area contributed by atoms with Gasteiger partial charge in [-0.3, -0.25) is 0 Å². The van der Waals surface area contributed by atoms with E-state index < -0.39 is 0 Å². The molecule has 0 unspecified atom stereocenters. The number of nitrogens with zero attached hydrogens (tertiary/aromatic N) is 2. The van der Waals surface area contributed by atoms with Crippen LogP contribution in [-0.2, 0) is 0 Å². The highest BCUT2D eigenvalue weighted by Gasteiger charge is 2.24. The summed E-state index contributed by atoms with van der Waals surface area (Å²) in [6.45, 7) is 0. The number of hydrogen-bond acceptors (Lipinski definition) is 1. The Morgan fingerprint density at radius 3 is 1.61 bits per heavy atom. The van der Waals surface area contributed by atoms with Crippen LogP contribution in [0.25, 0.3) is 116 Å². The van der Waals surface area contributed by atoms with Crippen LogP contribution in [0.5, 0.6) is 0 Å². The second-order valence-corrected chi connectivity index (χ2v) is 18.4. The molecule has 0 spiro atoms. The number of anilines is 3. The van der Waals surface area contributed by atoms with Crippen molar-refractivity contribution in [1.29, 1.82) is 0 Å². The van der Waals surface area contributed by atoms with E-state index in [2.05, 4.69) is 276 Å². The highest BCUT2D eigenvalue weighted by molar-refractivity contribution is 6.21. The third-order valence-corrected chi connectivity index (χ3v) is 14.5. The van der Waals surface area contributed by atoms with Gasteiger partial charge in [0.15, 0.2) is 0 Å². The van der Waals surface area contributed by atoms with Gasteiger partial charge in [-0.05, 0) is 137 Å². The minimum absolute atomic E-state index is 1.08. The maximum atomic E-state index is 2.45. The Kier molecular flexibility index (Phi) is 9.25. The third kappa shape index (κ3) is 6.35. The fourth-order valence-electron chi connectivity index (χ4n) is 11.4. The molecule has 0 N–H and O–H groups in total. The van der Waals surface area contributed by atoms with Crippen molar-refractivity contribution in [2.75, 3.05) is 4.90 Å². The topological polar surface area (TPSA) is 8.17 Å². The molecular weight excluding hydrogens is 845 g/mol. The average Bonchev–Trinajstić information content (AvgIpc) is 3.96. The van der Waals surface area contributed by atoms with Crippen LogP contribution >= 0.6 is 0 Å². The summed E-state index contributed by atoms with van der Waals surface area (Å²) in [5.74, 6) is 0. The van der Waals surface area contributed by atoms with Gasteiger partial charge < -0.3 is 9.47 Å². The number of fused-ring (bicyclic) bond motifs is 8. The standard InChI is InChI=1S/C68H44N2/c1-3-17-45(18-4-1)55-24-11-13-31-64(55)69(51-23-15-22-49(43-51)54-40-41-61-58-27-10-9-26-57(58)60-30-16-29-59(54)67(60)61)52-38-39-53(63(44-52)46-19-5-2-6-20-46)48-33-36-50(37-34-48)70-65-32-14-12-28-62(65)68-56-25-8-7-21-47(56)35-42-66(68)70/h1-44H. The van der Waals surface area contributed by atoms with Crippen molar-refractivity contribution in [3.8, 4) is 72.4 Å². The number of rotatable bonds is 8. The van der Waals surface area contributed by atoms with Gasteiger partial charge in [-0.15, -0.1) is 0 Å². The minimum atomic E-state index is 1.08. The van der Waals surface area contributed by atoms with Gasteiger partial charge in [0.2, 0.25) is 0 Å². The van der Waals surface area contributed by atoms with Crippen molar-refractivity contribution in [3.05, 3.63) is 267 Å². The van der Waals surface area contributed by atoms with Crippen molar-refractivity contribution >= 4 is 60.4 Å². The van der Waals surface area contributed by atoms with E-state index in [0.29, 0.717) is 0 Å². The molecule has 0 saturated carbocycles. The molecule has 0 bridgehead atoms. The van der Waals surface area contributed by atoms with E-state index in [9.17, 15) is 0 Å². The predicted octanol–water partition coefficient (Wildman–Crippen LogP) is 18.9. The molecule has 1 aliphatic rings. The summed E-state index contributed by atoms with van der Waals surface area (Å²) >= 11 is 0. The van der Waals surface area contributed by atoms with Gasteiger partial charge in [-0.2, -0.15) is 0 Å². The van der Waals surface area contributed by atoms with Gasteiger partial charge in [-0.25, -0.2) is 0 Å². The highest BCUT2D eigenvalue weighted by Crippen LogP contribution is 2.50. The molecule has 0 radical (unpaired) electrons. The summed E-state index contributed by atoms with van der Waals surface area (Å²) in [6.07, 6.45) is 0. The van der Waals surface area contributed by atoms with Crippen molar-refractivity contribution in [3.63, 3.8) is 0 Å². The quantitative estimate of drug-likeness (QED) is 0.148. The van der Waals surface area contributed by atoms with Crippen LogP contribution in [0.2, 0.25) is 0 Å². The zero-order chi connectivity index (χ0) is 46.1. The number of benzene rings is 12. The molecule has 1 heterocycles. The number of para-hydroxylation sites is 2. The van der Waals surface area contributed by atoms with E-state index in [1.54, 1.807) is 0 Å². The first-order chi connectivity index (χ1) is 34.7. The Balaban J connectivity index is 0.929. The summed E-state index contributed by atoms with van der Waals surface area (Å²) in [4.78, 5) is 2.45. The van der Waals surface area contributed by atoms with Crippen molar-refractivity contribution in [2.45, 2.75) is 0 Å². The normalized spacial score (nSPS) is 11.7. The van der Waals surface area contributed by atoms with Gasteiger partial charge in [0.1, 0.15) is 0 Å². The number of aromatic nitrogens is 1. The number of hydrogen-bond donors (Lipinski definition) is 0. The first kappa shape index (κ1) is 39.9. The molecule has 0 fully saturated rings. The van der Waals surface area contributed by atoms with Crippen LogP contribution in [0.4, 0.5) is 17.1 Å². The molecule has 2 nitrogen and oxygen atoms in total. The lowest BCUT2D eigenvalue weighted by Gasteiger charge is -2.29. The van der Waals surface area contributed by atoms with Crippen LogP contribution in [0.1, 0.15) is 0 Å². The molecule has 0 amide bonds. The Morgan fingerprint density at radius 2 is 0.814 bits per heavy atom. The molecule has 14 rings (SSSR count). The van der Waals surface area contributed by atoms with E-state index in [4.69, 9.17) is 0 Å². The summed E-state index contributed by atoms with van der Waals surface area (Å²) in [6, 6.07) is 98.0. The lowest BCUT2D eigenvalue weighted by Crippen LogP contribution is -2.11. The van der Waals surface area contributed by atoms with Gasteiger partial charge in [0.05, 0.1) is 16.7 Å². The second kappa shape index (κ2) is 16.2. The van der Waals surface area contributed by atoms with Crippen LogP contribution < -0.4 is 4.90 Å². The Hall–Kier alpha value is -9.24. The molecule has 1 aliphatic carbocycles. The van der Waals surface area contributed by atoms with E-state index in [-0.39, 0.29) is 0 Å². The molecule has 326 valence electrons. The molecule has 2 heteroatoms. The Labute approximate surface area is 407 Å². The predicted molar refractivity (Wildman–Crippen MR) is 297 cm³/mol. The molecule has 12 aromatic carbocycles. The van der Waals surface area contributed by atoms with Gasteiger partial charge in [0, 0.05) is 33.4 Å². The zero-order valence-electron chi connectivity index (χ0n) is 38.3. The minimum Gasteiger partial charge on any atom is -0.310 e. The van der Waals surface area contributed by atoms with Crippen molar-refractivity contribution < 1.29 is 0 Å². The van der Waals surface area contributed by atoms with Crippen molar-refractivity contribution in [1.82, 2.24) is 4.57 Å². The van der Waals surface area contributed by atoms with E-state index in [1.807, 2.05) is 0 Å². The van der Waals surface area contributed by atoms with Gasteiger partial charge >= 0.3 is 0 Å². The Morgan fingerprint density at radius 1 is 0.257 bits per heavy atom. The molecule has 1 aromatic heterocycles. The van der Waals surface area contributed by atoms with Crippen LogP contribution in [-0.4, -0.2) is 4.57 Å². The first-order valence-corrected chi connectivity index (χ1v) is 24.2. The molecule has 0 aliphatic heterocycles. The summed E-state index contributed by atoms with van der Waals surface area (Å²) in [5, 5.41) is 7.69. The summed E-state index contributed by atoms with van der Waals surface area (Å²) in [5.41, 5.74) is 21.5. The average molecular weight is 889 g/mol. The molecule has 0 atom stereocenters. The Bertz CT molecular complexity index is 4130.